The van der Waals surface area contributed by atoms with Crippen molar-refractivity contribution in [2.24, 2.45) is 11.5 Å². The van der Waals surface area contributed by atoms with Gasteiger partial charge in [-0.25, -0.2) is 4.39 Å². The minimum Gasteiger partial charge on any atom is -0.402 e. The van der Waals surface area contributed by atoms with Gasteiger partial charge in [0.05, 0.1) is 5.54 Å². The second-order valence-corrected chi connectivity index (χ2v) is 3.82. The lowest BCUT2D eigenvalue weighted by Gasteiger charge is -2.28. The third-order valence-electron chi connectivity index (χ3n) is 2.58. The Morgan fingerprint density at radius 2 is 1.87 bits per heavy atom. The van der Waals surface area contributed by atoms with Crippen LogP contribution in [0.15, 0.2) is 48.2 Å². The molecule has 0 bridgehead atoms. The summed E-state index contributed by atoms with van der Waals surface area (Å²) < 4.78 is 12.8. The van der Waals surface area contributed by atoms with E-state index < -0.39 is 5.54 Å². The summed E-state index contributed by atoms with van der Waals surface area (Å²) in [4.78, 5) is 0. The Balaban J connectivity index is 2.35. The first kappa shape index (κ1) is 9.93. The molecule has 0 saturated heterocycles. The molecule has 0 amide bonds. The van der Waals surface area contributed by atoms with Crippen LogP contribution in [0.25, 0.3) is 0 Å². The van der Waals surface area contributed by atoms with Gasteiger partial charge in [-0.1, -0.05) is 24.3 Å². The van der Waals surface area contributed by atoms with Crippen molar-refractivity contribution >= 4 is 0 Å². The molecule has 1 aliphatic rings. The molecule has 15 heavy (non-hydrogen) atoms. The van der Waals surface area contributed by atoms with Crippen LogP contribution in [0, 0.1) is 5.82 Å². The Labute approximate surface area is 88.1 Å². The van der Waals surface area contributed by atoms with Crippen LogP contribution in [-0.2, 0) is 5.54 Å². The van der Waals surface area contributed by atoms with Gasteiger partial charge in [-0.2, -0.15) is 0 Å². The van der Waals surface area contributed by atoms with Crippen molar-refractivity contribution in [3.8, 4) is 0 Å². The van der Waals surface area contributed by atoms with Gasteiger partial charge in [0.1, 0.15) is 5.82 Å². The summed E-state index contributed by atoms with van der Waals surface area (Å²) in [5, 5.41) is 0. The van der Waals surface area contributed by atoms with Crippen molar-refractivity contribution < 1.29 is 4.39 Å². The van der Waals surface area contributed by atoms with Crippen molar-refractivity contribution in [3.05, 3.63) is 59.6 Å². The SMILES string of the molecule is NC1=CC=CC(N)(c2ccc(F)cc2)C1. The molecular weight excluding hydrogens is 191 g/mol. The first-order valence-corrected chi connectivity index (χ1v) is 4.79. The van der Waals surface area contributed by atoms with E-state index >= 15 is 0 Å². The van der Waals surface area contributed by atoms with Crippen LogP contribution in [0.1, 0.15) is 12.0 Å². The molecule has 0 saturated carbocycles. The van der Waals surface area contributed by atoms with Gasteiger partial charge in [0, 0.05) is 12.1 Å². The summed E-state index contributed by atoms with van der Waals surface area (Å²) in [6, 6.07) is 6.20. The third kappa shape index (κ3) is 1.92. The highest BCUT2D eigenvalue weighted by molar-refractivity contribution is 5.36. The van der Waals surface area contributed by atoms with Gasteiger partial charge in [-0.15, -0.1) is 0 Å². The number of hydrogen-bond acceptors (Lipinski definition) is 2. The van der Waals surface area contributed by atoms with E-state index in [1.54, 1.807) is 12.1 Å². The maximum atomic E-state index is 12.8. The molecule has 0 aliphatic heterocycles. The number of nitrogens with two attached hydrogens (primary N) is 2. The molecule has 0 fully saturated rings. The lowest BCUT2D eigenvalue weighted by atomic mass is 9.84. The molecule has 0 heterocycles. The Hall–Kier alpha value is -1.61. The highest BCUT2D eigenvalue weighted by atomic mass is 19.1. The number of halogens is 1. The molecule has 0 spiro atoms. The normalized spacial score (nSPS) is 25.1. The van der Waals surface area contributed by atoms with E-state index in [1.807, 2.05) is 18.2 Å². The van der Waals surface area contributed by atoms with Crippen molar-refractivity contribution in [1.82, 2.24) is 0 Å². The van der Waals surface area contributed by atoms with Gasteiger partial charge >= 0.3 is 0 Å². The predicted molar refractivity (Wildman–Crippen MR) is 58.3 cm³/mol. The quantitative estimate of drug-likeness (QED) is 0.732. The van der Waals surface area contributed by atoms with Gasteiger partial charge in [0.15, 0.2) is 0 Å². The van der Waals surface area contributed by atoms with E-state index in [1.165, 1.54) is 12.1 Å². The fraction of sp³-hybridized carbons (Fsp3) is 0.167. The highest BCUT2D eigenvalue weighted by Gasteiger charge is 2.26. The molecule has 0 aromatic heterocycles. The molecule has 78 valence electrons. The standard InChI is InChI=1S/C12H13FN2/c13-10-5-3-9(4-6-10)12(15)7-1-2-11(14)8-12/h1-7H,8,14-15H2. The van der Waals surface area contributed by atoms with Gasteiger partial charge in [-0.05, 0) is 23.8 Å². The number of hydrogen-bond donors (Lipinski definition) is 2. The molecule has 1 aromatic rings. The lowest BCUT2D eigenvalue weighted by Crippen LogP contribution is -2.37. The zero-order valence-electron chi connectivity index (χ0n) is 8.28. The first-order valence-electron chi connectivity index (χ1n) is 4.79. The molecule has 1 atom stereocenters. The van der Waals surface area contributed by atoms with Crippen LogP contribution in [0.5, 0.6) is 0 Å². The van der Waals surface area contributed by atoms with Crippen LogP contribution in [-0.4, -0.2) is 0 Å². The van der Waals surface area contributed by atoms with Crippen LogP contribution in [0.2, 0.25) is 0 Å². The van der Waals surface area contributed by atoms with Crippen LogP contribution >= 0.6 is 0 Å². The van der Waals surface area contributed by atoms with E-state index in [-0.39, 0.29) is 5.82 Å². The summed E-state index contributed by atoms with van der Waals surface area (Å²) in [6.07, 6.45) is 6.11. The highest BCUT2D eigenvalue weighted by Crippen LogP contribution is 2.28. The van der Waals surface area contributed by atoms with Crippen molar-refractivity contribution in [2.45, 2.75) is 12.0 Å². The second-order valence-electron chi connectivity index (χ2n) is 3.82. The topological polar surface area (TPSA) is 52.0 Å². The zero-order valence-corrected chi connectivity index (χ0v) is 8.28. The molecule has 1 aliphatic carbocycles. The Morgan fingerprint density at radius 3 is 2.47 bits per heavy atom. The van der Waals surface area contributed by atoms with Gasteiger partial charge in [0.2, 0.25) is 0 Å². The lowest BCUT2D eigenvalue weighted by molar-refractivity contribution is 0.542. The third-order valence-corrected chi connectivity index (χ3v) is 2.58. The molecular formula is C12H13FN2. The number of allylic oxidation sites excluding steroid dienone is 2. The molecule has 4 N–H and O–H groups in total. The average molecular weight is 204 g/mol. The van der Waals surface area contributed by atoms with E-state index in [9.17, 15) is 4.39 Å². The molecule has 2 nitrogen and oxygen atoms in total. The second kappa shape index (κ2) is 3.51. The maximum absolute atomic E-state index is 12.8. The minimum atomic E-state index is -0.605. The van der Waals surface area contributed by atoms with Crippen molar-refractivity contribution in [3.63, 3.8) is 0 Å². The Morgan fingerprint density at radius 1 is 1.20 bits per heavy atom. The first-order chi connectivity index (χ1) is 7.10. The summed E-state index contributed by atoms with van der Waals surface area (Å²) in [5.74, 6) is -0.259. The Kier molecular flexibility index (Phi) is 2.32. The summed E-state index contributed by atoms with van der Waals surface area (Å²) in [5.41, 5.74) is 12.9. The molecule has 2 rings (SSSR count). The number of benzene rings is 1. The smallest absolute Gasteiger partial charge is 0.123 e. The van der Waals surface area contributed by atoms with Gasteiger partial charge < -0.3 is 11.5 Å². The maximum Gasteiger partial charge on any atom is 0.123 e. The molecule has 3 heteroatoms. The molecule has 1 unspecified atom stereocenters. The van der Waals surface area contributed by atoms with Crippen LogP contribution in [0.4, 0.5) is 4.39 Å². The number of rotatable bonds is 1. The fourth-order valence-corrected chi connectivity index (χ4v) is 1.76. The largest absolute Gasteiger partial charge is 0.402 e. The molecule has 0 radical (unpaired) electrons. The molecule has 1 aromatic carbocycles. The van der Waals surface area contributed by atoms with Gasteiger partial charge in [-0.3, -0.25) is 0 Å². The van der Waals surface area contributed by atoms with E-state index in [4.69, 9.17) is 11.5 Å². The monoisotopic (exact) mass is 204 g/mol. The van der Waals surface area contributed by atoms with Crippen LogP contribution in [0.3, 0.4) is 0 Å². The van der Waals surface area contributed by atoms with Crippen molar-refractivity contribution in [2.75, 3.05) is 0 Å². The minimum absolute atomic E-state index is 0.259. The predicted octanol–water partition coefficient (Wildman–Crippen LogP) is 1.78. The van der Waals surface area contributed by atoms with Crippen LogP contribution < -0.4 is 11.5 Å². The van der Waals surface area contributed by atoms with E-state index in [0.29, 0.717) is 6.42 Å². The zero-order chi connectivity index (χ0) is 10.9. The summed E-state index contributed by atoms with van der Waals surface area (Å²) >= 11 is 0. The van der Waals surface area contributed by atoms with E-state index in [0.717, 1.165) is 11.3 Å². The van der Waals surface area contributed by atoms with Crippen molar-refractivity contribution in [1.29, 1.82) is 0 Å². The Bertz CT molecular complexity index is 420. The van der Waals surface area contributed by atoms with Gasteiger partial charge in [0.25, 0.3) is 0 Å². The van der Waals surface area contributed by atoms with E-state index in [2.05, 4.69) is 0 Å². The average Bonchev–Trinajstić information content (AvgIpc) is 2.18. The summed E-state index contributed by atoms with van der Waals surface area (Å²) in [7, 11) is 0. The fourth-order valence-electron chi connectivity index (χ4n) is 1.76. The summed E-state index contributed by atoms with van der Waals surface area (Å²) in [6.45, 7) is 0.